The molecule has 0 radical (unpaired) electrons. The molecular formula is C24H30N4O3. The number of aromatic hydroxyl groups is 1. The van der Waals surface area contributed by atoms with Crippen molar-refractivity contribution in [2.45, 2.75) is 45.6 Å². The van der Waals surface area contributed by atoms with Gasteiger partial charge < -0.3 is 19.7 Å². The Kier molecular flexibility index (Phi) is 5.85. The molecule has 1 fully saturated rings. The van der Waals surface area contributed by atoms with Crippen molar-refractivity contribution >= 4 is 22.7 Å². The van der Waals surface area contributed by atoms with Crippen LogP contribution in [0.1, 0.15) is 50.1 Å². The van der Waals surface area contributed by atoms with Gasteiger partial charge in [-0.25, -0.2) is 0 Å². The maximum atomic E-state index is 11.8. The van der Waals surface area contributed by atoms with Crippen molar-refractivity contribution in [3.8, 4) is 17.0 Å². The zero-order valence-corrected chi connectivity index (χ0v) is 18.6. The molecule has 0 spiro atoms. The number of benzene rings is 1. The number of nitrogens with zero attached hydrogens (tertiary/aromatic N) is 3. The van der Waals surface area contributed by atoms with Gasteiger partial charge in [-0.15, -0.1) is 10.2 Å². The van der Waals surface area contributed by atoms with Crippen LogP contribution in [-0.2, 0) is 0 Å². The van der Waals surface area contributed by atoms with Gasteiger partial charge in [-0.05, 0) is 48.9 Å². The number of carbonyl (C=O) groups is 1. The molecule has 31 heavy (non-hydrogen) atoms. The molecule has 2 aromatic heterocycles. The maximum Gasteiger partial charge on any atom is 0.286 e. The molecule has 0 aliphatic heterocycles. The summed E-state index contributed by atoms with van der Waals surface area (Å²) in [4.78, 5) is 14.1. The van der Waals surface area contributed by atoms with Crippen molar-refractivity contribution in [3.63, 3.8) is 0 Å². The Morgan fingerprint density at radius 3 is 2.45 bits per heavy atom. The fraction of sp³-hybridized carbons (Fsp3) is 0.458. The highest BCUT2D eigenvalue weighted by Gasteiger charge is 2.25. The van der Waals surface area contributed by atoms with Crippen molar-refractivity contribution in [2.75, 3.05) is 19.0 Å². The van der Waals surface area contributed by atoms with E-state index in [9.17, 15) is 9.90 Å². The van der Waals surface area contributed by atoms with Crippen LogP contribution in [0.5, 0.6) is 5.75 Å². The Morgan fingerprint density at radius 2 is 1.84 bits per heavy atom. The van der Waals surface area contributed by atoms with Gasteiger partial charge in [0.2, 0.25) is 0 Å². The third kappa shape index (κ3) is 4.36. The van der Waals surface area contributed by atoms with Gasteiger partial charge >= 0.3 is 0 Å². The van der Waals surface area contributed by atoms with Crippen LogP contribution in [0.4, 0.5) is 5.82 Å². The second-order valence-electron chi connectivity index (χ2n) is 8.90. The molecule has 1 saturated carbocycles. The first-order valence-electron chi connectivity index (χ1n) is 10.9. The van der Waals surface area contributed by atoms with Crippen LogP contribution in [0, 0.1) is 11.8 Å². The standard InChI is InChI=1S/C24H30N4O3/c1-14-5-6-15(2)10-17(9-14)28(4)23-8-7-19(26-27-23)18-11-16-12-22(24(30)25-3)31-21(16)13-20(18)29/h7-8,11-15,17,29H,5-6,9-10H2,1-4H3,(H,25,30)/t14-,15+,17+. The van der Waals surface area contributed by atoms with Crippen LogP contribution in [0.2, 0.25) is 0 Å². The SMILES string of the molecule is CNC(=O)c1cc2cc(-c3ccc(N(C)[C@H]4C[C@H](C)CC[C@H](C)C4)nn3)c(O)cc2o1. The Balaban J connectivity index is 1.59. The summed E-state index contributed by atoms with van der Waals surface area (Å²) in [5.74, 6) is 2.18. The summed E-state index contributed by atoms with van der Waals surface area (Å²) < 4.78 is 5.52. The summed E-state index contributed by atoms with van der Waals surface area (Å²) in [6, 6.07) is 9.21. The van der Waals surface area contributed by atoms with E-state index in [4.69, 9.17) is 4.42 Å². The summed E-state index contributed by atoms with van der Waals surface area (Å²) in [6.07, 6.45) is 4.90. The highest BCUT2D eigenvalue weighted by atomic mass is 16.3. The predicted octanol–water partition coefficient (Wildman–Crippen LogP) is 4.61. The Bertz CT molecular complexity index is 1060. The molecule has 0 unspecified atom stereocenters. The molecule has 3 atom stereocenters. The molecule has 164 valence electrons. The van der Waals surface area contributed by atoms with Crippen LogP contribution in [-0.4, -0.2) is 41.3 Å². The Morgan fingerprint density at radius 1 is 1.13 bits per heavy atom. The number of fused-ring (bicyclic) bond motifs is 1. The zero-order valence-electron chi connectivity index (χ0n) is 18.6. The molecule has 1 aromatic carbocycles. The lowest BCUT2D eigenvalue weighted by molar-refractivity contribution is 0.0938. The van der Waals surface area contributed by atoms with E-state index in [2.05, 4.69) is 41.3 Å². The molecule has 2 heterocycles. The lowest BCUT2D eigenvalue weighted by atomic mass is 9.98. The summed E-state index contributed by atoms with van der Waals surface area (Å²) in [5, 5.41) is 22.6. The minimum absolute atomic E-state index is 0.0344. The lowest BCUT2D eigenvalue weighted by Gasteiger charge is -2.30. The molecule has 1 amide bonds. The van der Waals surface area contributed by atoms with E-state index in [1.807, 2.05) is 12.1 Å². The third-order valence-electron chi connectivity index (χ3n) is 6.42. The van der Waals surface area contributed by atoms with E-state index < -0.39 is 0 Å². The normalized spacial score (nSPS) is 21.6. The number of furan rings is 1. The van der Waals surface area contributed by atoms with Gasteiger partial charge in [0.15, 0.2) is 11.6 Å². The summed E-state index contributed by atoms with van der Waals surface area (Å²) >= 11 is 0. The molecule has 1 aliphatic carbocycles. The fourth-order valence-corrected chi connectivity index (χ4v) is 4.51. The average molecular weight is 423 g/mol. The fourth-order valence-electron chi connectivity index (χ4n) is 4.51. The van der Waals surface area contributed by atoms with E-state index in [0.29, 0.717) is 34.7 Å². The van der Waals surface area contributed by atoms with Crippen molar-refractivity contribution in [3.05, 3.63) is 36.1 Å². The predicted molar refractivity (Wildman–Crippen MR) is 121 cm³/mol. The molecule has 7 nitrogen and oxygen atoms in total. The molecule has 3 aromatic rings. The van der Waals surface area contributed by atoms with Gasteiger partial charge in [-0.2, -0.15) is 0 Å². The van der Waals surface area contributed by atoms with Crippen molar-refractivity contribution in [1.82, 2.24) is 15.5 Å². The molecular weight excluding hydrogens is 392 g/mol. The summed E-state index contributed by atoms with van der Waals surface area (Å²) in [5.41, 5.74) is 1.57. The van der Waals surface area contributed by atoms with Gasteiger partial charge in [-0.1, -0.05) is 26.7 Å². The van der Waals surface area contributed by atoms with Crippen LogP contribution >= 0.6 is 0 Å². The molecule has 0 saturated heterocycles. The molecule has 2 N–H and O–H groups in total. The summed E-state index contributed by atoms with van der Waals surface area (Å²) in [6.45, 7) is 4.66. The van der Waals surface area contributed by atoms with Crippen LogP contribution in [0.15, 0.2) is 34.7 Å². The van der Waals surface area contributed by atoms with E-state index in [0.717, 1.165) is 24.0 Å². The molecule has 0 bridgehead atoms. The number of anilines is 1. The van der Waals surface area contributed by atoms with E-state index in [-0.39, 0.29) is 17.4 Å². The van der Waals surface area contributed by atoms with E-state index in [1.54, 1.807) is 19.2 Å². The molecule has 7 heteroatoms. The minimum atomic E-state index is -0.313. The monoisotopic (exact) mass is 422 g/mol. The van der Waals surface area contributed by atoms with Gasteiger partial charge in [-0.3, -0.25) is 4.79 Å². The smallest absolute Gasteiger partial charge is 0.286 e. The number of phenolic OH excluding ortho intramolecular Hbond substituents is 1. The summed E-state index contributed by atoms with van der Waals surface area (Å²) in [7, 11) is 3.64. The number of aromatic nitrogens is 2. The van der Waals surface area contributed by atoms with Gasteiger partial charge in [0.25, 0.3) is 5.91 Å². The maximum absolute atomic E-state index is 11.8. The topological polar surface area (TPSA) is 91.5 Å². The number of phenols is 1. The lowest BCUT2D eigenvalue weighted by Crippen LogP contribution is -2.34. The third-order valence-corrected chi connectivity index (χ3v) is 6.42. The largest absolute Gasteiger partial charge is 0.507 e. The molecule has 1 aliphatic rings. The zero-order chi connectivity index (χ0) is 22.1. The van der Waals surface area contributed by atoms with Crippen LogP contribution in [0.25, 0.3) is 22.2 Å². The first-order valence-corrected chi connectivity index (χ1v) is 10.9. The van der Waals surface area contributed by atoms with Crippen molar-refractivity contribution in [1.29, 1.82) is 0 Å². The van der Waals surface area contributed by atoms with E-state index >= 15 is 0 Å². The van der Waals surface area contributed by atoms with E-state index in [1.165, 1.54) is 18.9 Å². The van der Waals surface area contributed by atoms with Crippen molar-refractivity contribution < 1.29 is 14.3 Å². The highest BCUT2D eigenvalue weighted by molar-refractivity contribution is 5.97. The number of carbonyl (C=O) groups excluding carboxylic acids is 1. The van der Waals surface area contributed by atoms with Crippen LogP contribution < -0.4 is 10.2 Å². The second kappa shape index (κ2) is 8.57. The number of rotatable bonds is 4. The van der Waals surface area contributed by atoms with Gasteiger partial charge in [0.05, 0.1) is 5.69 Å². The number of amides is 1. The molecule has 4 rings (SSSR count). The quantitative estimate of drug-likeness (QED) is 0.597. The van der Waals surface area contributed by atoms with Crippen LogP contribution in [0.3, 0.4) is 0 Å². The van der Waals surface area contributed by atoms with Crippen molar-refractivity contribution in [2.24, 2.45) is 11.8 Å². The Labute approximate surface area is 182 Å². The van der Waals surface area contributed by atoms with Gasteiger partial charge in [0, 0.05) is 37.2 Å². The second-order valence-corrected chi connectivity index (χ2v) is 8.90. The number of hydrogen-bond acceptors (Lipinski definition) is 6. The minimum Gasteiger partial charge on any atom is -0.507 e. The Hall–Kier alpha value is -3.09. The van der Waals surface area contributed by atoms with Gasteiger partial charge in [0.1, 0.15) is 11.3 Å². The number of nitrogens with one attached hydrogen (secondary N) is 1. The average Bonchev–Trinajstić information content (AvgIpc) is 3.10. The highest BCUT2D eigenvalue weighted by Crippen LogP contribution is 2.35. The first-order chi connectivity index (χ1) is 14.9. The number of hydrogen-bond donors (Lipinski definition) is 2. The first kappa shape index (κ1) is 21.2.